The second-order valence-electron chi connectivity index (χ2n) is 5.74. The number of hydrogen-bond donors (Lipinski definition) is 0. The molecule has 0 radical (unpaired) electrons. The molecule has 0 bridgehead atoms. The third-order valence-corrected chi connectivity index (χ3v) is 3.48. The number of unbranched alkanes of at least 4 members (excludes halogenated alkanes) is 1. The lowest BCUT2D eigenvalue weighted by molar-refractivity contribution is -0.912. The number of ether oxygens (including phenoxy) is 1. The number of likely N-dealkylation sites (N-methyl/N-ethyl adjacent to an activating group) is 1. The average molecular weight is 365 g/mol. The summed E-state index contributed by atoms with van der Waals surface area (Å²) in [5.74, 6) is 0. The van der Waals surface area contributed by atoms with Crippen molar-refractivity contribution in [2.75, 3.05) is 39.9 Å². The van der Waals surface area contributed by atoms with E-state index < -0.39 is 0 Å². The molecule has 1 heterocycles. The number of rotatable bonds is 6. The van der Waals surface area contributed by atoms with Crippen LogP contribution in [0.3, 0.4) is 0 Å². The van der Waals surface area contributed by atoms with Crippen LogP contribution in [0.25, 0.3) is 0 Å². The maximum atomic E-state index is 5.43. The Bertz CT molecular complexity index is 280. The van der Waals surface area contributed by atoms with Crippen molar-refractivity contribution in [3.63, 3.8) is 0 Å². The molecule has 0 spiro atoms. The molecule has 0 aliphatic carbocycles. The highest BCUT2D eigenvalue weighted by Crippen LogP contribution is 2.13. The van der Waals surface area contributed by atoms with Gasteiger partial charge in [0.2, 0.25) is 0 Å². The zero-order chi connectivity index (χ0) is 12.7. The van der Waals surface area contributed by atoms with E-state index >= 15 is 0 Å². The lowest BCUT2D eigenvalue weighted by Gasteiger charge is -2.37. The van der Waals surface area contributed by atoms with Crippen LogP contribution in [0.1, 0.15) is 33.1 Å². The number of allylic oxidation sites excluding steroid dienone is 2. The van der Waals surface area contributed by atoms with Crippen molar-refractivity contribution in [3.8, 4) is 0 Å². The summed E-state index contributed by atoms with van der Waals surface area (Å²) >= 11 is 0. The van der Waals surface area contributed by atoms with Crippen molar-refractivity contribution < 1.29 is 33.2 Å². The van der Waals surface area contributed by atoms with Crippen LogP contribution in [0.5, 0.6) is 0 Å². The van der Waals surface area contributed by atoms with Crippen LogP contribution in [0.4, 0.5) is 0 Å². The fourth-order valence-corrected chi connectivity index (χ4v) is 2.36. The number of morpholine rings is 1. The van der Waals surface area contributed by atoms with Crippen LogP contribution in [0.2, 0.25) is 0 Å². The normalized spacial score (nSPS) is 19.2. The van der Waals surface area contributed by atoms with Crippen LogP contribution in [0.15, 0.2) is 23.8 Å². The van der Waals surface area contributed by atoms with Crippen molar-refractivity contribution in [2.45, 2.75) is 33.1 Å². The molecule has 0 unspecified atom stereocenters. The van der Waals surface area contributed by atoms with Gasteiger partial charge in [-0.3, -0.25) is 0 Å². The van der Waals surface area contributed by atoms with E-state index in [9.17, 15) is 0 Å². The molecule has 0 saturated carbocycles. The highest BCUT2D eigenvalue weighted by molar-refractivity contribution is 4.99. The monoisotopic (exact) mass is 365 g/mol. The number of quaternary nitrogens is 1. The number of nitrogens with zero attached hydrogens (tertiary/aromatic N) is 1. The fourth-order valence-electron chi connectivity index (χ4n) is 2.36. The van der Waals surface area contributed by atoms with Gasteiger partial charge in [0.15, 0.2) is 0 Å². The van der Waals surface area contributed by atoms with Gasteiger partial charge in [-0.2, -0.15) is 0 Å². The first-order chi connectivity index (χ1) is 8.02. The van der Waals surface area contributed by atoms with E-state index in [1.165, 1.54) is 30.5 Å². The molecule has 0 aromatic rings. The predicted octanol–water partition coefficient (Wildman–Crippen LogP) is 0.160. The molecule has 1 aliphatic heterocycles. The molecule has 2 nitrogen and oxygen atoms in total. The van der Waals surface area contributed by atoms with Crippen LogP contribution in [-0.2, 0) is 4.74 Å². The standard InChI is InChI=1S/C15H28NO.HI/c1-14(2)7-5-6-8-15(3)13-16(4)9-11-17-12-10-16;/h8H,1,5-7,9-13H2,2-4H3;1H/q+1;/p-1/b15-8+;. The minimum Gasteiger partial charge on any atom is -1.00 e. The predicted molar refractivity (Wildman–Crippen MR) is 74.0 cm³/mol. The molecule has 1 rings (SSSR count). The summed E-state index contributed by atoms with van der Waals surface area (Å²) in [5.41, 5.74) is 2.82. The van der Waals surface area contributed by atoms with Crippen LogP contribution >= 0.6 is 0 Å². The lowest BCUT2D eigenvalue weighted by atomic mass is 10.1. The van der Waals surface area contributed by atoms with Gasteiger partial charge >= 0.3 is 0 Å². The van der Waals surface area contributed by atoms with E-state index in [-0.39, 0.29) is 24.0 Å². The van der Waals surface area contributed by atoms with Crippen molar-refractivity contribution >= 4 is 0 Å². The van der Waals surface area contributed by atoms with Gasteiger partial charge in [0.25, 0.3) is 0 Å². The molecule has 0 amide bonds. The number of halogens is 1. The van der Waals surface area contributed by atoms with E-state index in [0.717, 1.165) is 37.2 Å². The van der Waals surface area contributed by atoms with Gasteiger partial charge in [-0.05, 0) is 38.7 Å². The summed E-state index contributed by atoms with van der Waals surface area (Å²) in [5, 5.41) is 0. The molecule has 0 N–H and O–H groups in total. The SMILES string of the molecule is C=C(C)CCC/C=C(\C)C[N+]1(C)CCOCC1.[I-]. The van der Waals surface area contributed by atoms with E-state index in [0.29, 0.717) is 0 Å². The first-order valence-electron chi connectivity index (χ1n) is 6.73. The van der Waals surface area contributed by atoms with Crippen LogP contribution in [-0.4, -0.2) is 44.4 Å². The van der Waals surface area contributed by atoms with Crippen molar-refractivity contribution in [2.24, 2.45) is 0 Å². The second-order valence-corrected chi connectivity index (χ2v) is 5.74. The lowest BCUT2D eigenvalue weighted by Crippen LogP contribution is -3.00. The Labute approximate surface area is 130 Å². The zero-order valence-electron chi connectivity index (χ0n) is 12.2. The molecule has 1 saturated heterocycles. The maximum Gasteiger partial charge on any atom is 0.103 e. The highest BCUT2D eigenvalue weighted by atomic mass is 127. The minimum absolute atomic E-state index is 0. The van der Waals surface area contributed by atoms with Gasteiger partial charge in [-0.1, -0.05) is 11.6 Å². The average Bonchev–Trinajstić information content (AvgIpc) is 2.24. The Morgan fingerprint density at radius 1 is 1.28 bits per heavy atom. The molecular formula is C15H28INO. The van der Waals surface area contributed by atoms with Gasteiger partial charge in [0.05, 0.1) is 26.8 Å². The van der Waals surface area contributed by atoms with Crippen molar-refractivity contribution in [1.29, 1.82) is 0 Å². The Morgan fingerprint density at radius 3 is 2.44 bits per heavy atom. The topological polar surface area (TPSA) is 9.23 Å². The maximum absolute atomic E-state index is 5.43. The minimum atomic E-state index is 0. The molecule has 0 aromatic heterocycles. The van der Waals surface area contributed by atoms with Gasteiger partial charge in [-0.25, -0.2) is 0 Å². The van der Waals surface area contributed by atoms with Crippen molar-refractivity contribution in [1.82, 2.24) is 0 Å². The highest BCUT2D eigenvalue weighted by Gasteiger charge is 2.24. The smallest absolute Gasteiger partial charge is 0.103 e. The third kappa shape index (κ3) is 7.54. The largest absolute Gasteiger partial charge is 1.00 e. The van der Waals surface area contributed by atoms with Gasteiger partial charge in [-0.15, -0.1) is 6.58 Å². The second kappa shape index (κ2) is 9.10. The zero-order valence-corrected chi connectivity index (χ0v) is 14.3. The number of hydrogen-bond acceptors (Lipinski definition) is 1. The Kier molecular flexibility index (Phi) is 9.17. The van der Waals surface area contributed by atoms with E-state index in [1.54, 1.807) is 0 Å². The van der Waals surface area contributed by atoms with E-state index in [1.807, 2.05) is 0 Å². The summed E-state index contributed by atoms with van der Waals surface area (Å²) in [6.45, 7) is 13.6. The molecule has 18 heavy (non-hydrogen) atoms. The molecule has 0 aromatic carbocycles. The molecular weight excluding hydrogens is 337 g/mol. The summed E-state index contributed by atoms with van der Waals surface area (Å²) in [6.07, 6.45) is 5.99. The van der Waals surface area contributed by atoms with Gasteiger partial charge < -0.3 is 33.2 Å². The fraction of sp³-hybridized carbons (Fsp3) is 0.733. The molecule has 106 valence electrons. The van der Waals surface area contributed by atoms with Crippen LogP contribution in [0, 0.1) is 0 Å². The first kappa shape index (κ1) is 18.1. The summed E-state index contributed by atoms with van der Waals surface area (Å²) in [7, 11) is 2.34. The summed E-state index contributed by atoms with van der Waals surface area (Å²) in [6, 6.07) is 0. The quantitative estimate of drug-likeness (QED) is 0.282. The van der Waals surface area contributed by atoms with E-state index in [2.05, 4.69) is 33.6 Å². The van der Waals surface area contributed by atoms with Gasteiger partial charge in [0.1, 0.15) is 13.1 Å². The summed E-state index contributed by atoms with van der Waals surface area (Å²) in [4.78, 5) is 0. The van der Waals surface area contributed by atoms with E-state index in [4.69, 9.17) is 4.74 Å². The third-order valence-electron chi connectivity index (χ3n) is 3.48. The Balaban J connectivity index is 0.00000289. The van der Waals surface area contributed by atoms with Crippen LogP contribution < -0.4 is 24.0 Å². The summed E-state index contributed by atoms with van der Waals surface area (Å²) < 4.78 is 6.57. The Morgan fingerprint density at radius 2 is 1.89 bits per heavy atom. The first-order valence-corrected chi connectivity index (χ1v) is 6.73. The molecule has 3 heteroatoms. The Hall–Kier alpha value is 0.130. The molecule has 1 fully saturated rings. The van der Waals surface area contributed by atoms with Crippen molar-refractivity contribution in [3.05, 3.63) is 23.8 Å². The molecule has 1 aliphatic rings. The molecule has 0 atom stereocenters. The van der Waals surface area contributed by atoms with Gasteiger partial charge in [0, 0.05) is 0 Å².